The van der Waals surface area contributed by atoms with Crippen molar-refractivity contribution in [1.82, 2.24) is 20.4 Å². The predicted molar refractivity (Wildman–Crippen MR) is 105 cm³/mol. The van der Waals surface area contributed by atoms with Gasteiger partial charge >= 0.3 is 0 Å². The number of aryl methyl sites for hydroxylation is 1. The van der Waals surface area contributed by atoms with E-state index in [2.05, 4.69) is 15.5 Å². The Hall–Kier alpha value is -2.26. The molecule has 2 heterocycles. The van der Waals surface area contributed by atoms with Crippen LogP contribution in [0.2, 0.25) is 0 Å². The van der Waals surface area contributed by atoms with Crippen LogP contribution in [0.15, 0.2) is 16.9 Å². The van der Waals surface area contributed by atoms with Gasteiger partial charge in [-0.15, -0.1) is 0 Å². The lowest BCUT2D eigenvalue weighted by molar-refractivity contribution is -0.146. The minimum atomic E-state index is -1.00. The van der Waals surface area contributed by atoms with E-state index in [1.54, 1.807) is 17.9 Å². The van der Waals surface area contributed by atoms with E-state index in [-0.39, 0.29) is 41.7 Å². The Morgan fingerprint density at radius 3 is 2.55 bits per heavy atom. The molecule has 29 heavy (non-hydrogen) atoms. The molecule has 0 bridgehead atoms. The molecule has 0 radical (unpaired) electrons. The first-order valence-corrected chi connectivity index (χ1v) is 10.2. The molecule has 0 spiro atoms. The minimum Gasteiger partial charge on any atom is -0.390 e. The molecule has 1 aromatic rings. The molecule has 1 aliphatic heterocycles. The Labute approximate surface area is 169 Å². The van der Waals surface area contributed by atoms with Crippen molar-refractivity contribution in [2.75, 3.05) is 13.1 Å². The van der Waals surface area contributed by atoms with Crippen molar-refractivity contribution in [3.63, 3.8) is 0 Å². The second kappa shape index (κ2) is 8.62. The van der Waals surface area contributed by atoms with Crippen LogP contribution in [0.5, 0.6) is 0 Å². The lowest BCUT2D eigenvalue weighted by Crippen LogP contribution is -2.56. The van der Waals surface area contributed by atoms with Crippen molar-refractivity contribution >= 4 is 11.8 Å². The van der Waals surface area contributed by atoms with Crippen molar-refractivity contribution < 1.29 is 19.8 Å². The highest BCUT2D eigenvalue weighted by molar-refractivity contribution is 5.81. The number of amides is 2. The molecule has 1 saturated heterocycles. The van der Waals surface area contributed by atoms with Gasteiger partial charge < -0.3 is 20.4 Å². The van der Waals surface area contributed by atoms with E-state index in [1.165, 1.54) is 6.07 Å². The van der Waals surface area contributed by atoms with E-state index in [1.807, 2.05) is 13.8 Å². The highest BCUT2D eigenvalue weighted by Gasteiger charge is 2.54. The molecule has 1 saturated carbocycles. The van der Waals surface area contributed by atoms with Gasteiger partial charge in [-0.1, -0.05) is 6.92 Å². The number of rotatable bonds is 5. The number of aromatic nitrogens is 2. The number of likely N-dealkylation sites (tertiary alicyclic amines) is 1. The van der Waals surface area contributed by atoms with Gasteiger partial charge in [-0.05, 0) is 31.7 Å². The van der Waals surface area contributed by atoms with Crippen molar-refractivity contribution in [3.05, 3.63) is 28.2 Å². The molecule has 9 heteroatoms. The molecule has 2 aliphatic rings. The number of hydrogen-bond donors (Lipinski definition) is 4. The van der Waals surface area contributed by atoms with Crippen LogP contribution in [0.3, 0.4) is 0 Å². The first-order chi connectivity index (χ1) is 13.7. The maximum Gasteiger partial charge on any atom is 0.264 e. The van der Waals surface area contributed by atoms with Crippen LogP contribution >= 0.6 is 0 Å². The molecule has 1 aromatic heterocycles. The Morgan fingerprint density at radius 2 is 1.93 bits per heavy atom. The second-order valence-corrected chi connectivity index (χ2v) is 8.57. The molecule has 2 amide bonds. The van der Waals surface area contributed by atoms with Crippen molar-refractivity contribution in [2.24, 2.45) is 23.7 Å². The average molecular weight is 406 g/mol. The van der Waals surface area contributed by atoms with E-state index in [9.17, 15) is 24.6 Å². The molecule has 160 valence electrons. The van der Waals surface area contributed by atoms with E-state index in [4.69, 9.17) is 0 Å². The first kappa shape index (κ1) is 21.4. The molecular weight excluding hydrogens is 376 g/mol. The smallest absolute Gasteiger partial charge is 0.264 e. The van der Waals surface area contributed by atoms with Crippen LogP contribution in [0.25, 0.3) is 0 Å². The van der Waals surface area contributed by atoms with Crippen LogP contribution < -0.4 is 10.9 Å². The summed E-state index contributed by atoms with van der Waals surface area (Å²) in [7, 11) is 0. The molecule has 6 atom stereocenters. The van der Waals surface area contributed by atoms with Crippen molar-refractivity contribution in [1.29, 1.82) is 0 Å². The molecular formula is C20H30N4O5. The van der Waals surface area contributed by atoms with Gasteiger partial charge in [0.15, 0.2) is 0 Å². The zero-order chi connectivity index (χ0) is 21.3. The number of nitrogens with zero attached hydrogens (tertiary/aromatic N) is 2. The van der Waals surface area contributed by atoms with Gasteiger partial charge in [0, 0.05) is 49.9 Å². The van der Waals surface area contributed by atoms with Crippen molar-refractivity contribution in [3.8, 4) is 0 Å². The van der Waals surface area contributed by atoms with Crippen LogP contribution in [0, 0.1) is 23.7 Å². The minimum absolute atomic E-state index is 0.0268. The predicted octanol–water partition coefficient (Wildman–Crippen LogP) is -0.711. The third-order valence-corrected chi connectivity index (χ3v) is 6.19. The number of fused-ring (bicyclic) bond motifs is 1. The summed E-state index contributed by atoms with van der Waals surface area (Å²) in [6.45, 7) is 6.24. The topological polar surface area (TPSA) is 136 Å². The SMILES string of the molecule is CC(C)NC(=O)[C@H]1[C@@H](C)[C@H](O)[C@@H](O)[C@H]2CN(C(=O)CCc3ccc(=O)[nH]n3)C[C@@H]21. The summed E-state index contributed by atoms with van der Waals surface area (Å²) in [5.74, 6) is -1.62. The normalized spacial score (nSPS) is 31.6. The summed E-state index contributed by atoms with van der Waals surface area (Å²) >= 11 is 0. The molecule has 3 rings (SSSR count). The maximum absolute atomic E-state index is 12.8. The third kappa shape index (κ3) is 4.51. The Morgan fingerprint density at radius 1 is 1.24 bits per heavy atom. The molecule has 0 unspecified atom stereocenters. The average Bonchev–Trinajstić information content (AvgIpc) is 3.10. The van der Waals surface area contributed by atoms with Crippen LogP contribution in [-0.4, -0.2) is 68.5 Å². The van der Waals surface area contributed by atoms with Gasteiger partial charge in [0.2, 0.25) is 11.8 Å². The van der Waals surface area contributed by atoms with E-state index >= 15 is 0 Å². The lowest BCUT2D eigenvalue weighted by Gasteiger charge is -2.43. The first-order valence-electron chi connectivity index (χ1n) is 10.2. The Kier molecular flexibility index (Phi) is 6.38. The number of H-pyrrole nitrogens is 1. The van der Waals surface area contributed by atoms with Crippen LogP contribution in [0.1, 0.15) is 32.9 Å². The maximum atomic E-state index is 12.8. The van der Waals surface area contributed by atoms with Crippen LogP contribution in [-0.2, 0) is 16.0 Å². The number of aliphatic hydroxyl groups excluding tert-OH is 2. The number of aliphatic hydroxyl groups is 2. The lowest BCUT2D eigenvalue weighted by atomic mass is 9.65. The van der Waals surface area contributed by atoms with Crippen LogP contribution in [0.4, 0.5) is 0 Å². The van der Waals surface area contributed by atoms with E-state index < -0.39 is 24.0 Å². The summed E-state index contributed by atoms with van der Waals surface area (Å²) in [5, 5.41) is 30.2. The fourth-order valence-electron chi connectivity index (χ4n) is 4.69. The number of nitrogens with one attached hydrogen (secondary N) is 2. The van der Waals surface area contributed by atoms with E-state index in [0.29, 0.717) is 25.2 Å². The molecule has 1 aliphatic carbocycles. The molecule has 4 N–H and O–H groups in total. The summed E-state index contributed by atoms with van der Waals surface area (Å²) in [6, 6.07) is 2.93. The second-order valence-electron chi connectivity index (χ2n) is 8.57. The number of carbonyl (C=O) groups is 2. The monoisotopic (exact) mass is 406 g/mol. The Bertz CT molecular complexity index is 790. The van der Waals surface area contributed by atoms with Gasteiger partial charge in [-0.25, -0.2) is 5.10 Å². The number of aromatic amines is 1. The zero-order valence-electron chi connectivity index (χ0n) is 17.0. The number of hydrogen-bond acceptors (Lipinski definition) is 6. The molecule has 2 fully saturated rings. The van der Waals surface area contributed by atoms with Gasteiger partial charge in [-0.2, -0.15) is 5.10 Å². The van der Waals surface area contributed by atoms with Gasteiger partial charge in [0.1, 0.15) is 0 Å². The van der Waals surface area contributed by atoms with Gasteiger partial charge in [0.25, 0.3) is 5.56 Å². The third-order valence-electron chi connectivity index (χ3n) is 6.19. The van der Waals surface area contributed by atoms with Crippen molar-refractivity contribution in [2.45, 2.75) is 51.9 Å². The summed E-state index contributed by atoms with van der Waals surface area (Å²) in [4.78, 5) is 38.3. The van der Waals surface area contributed by atoms with Gasteiger partial charge in [0.05, 0.1) is 17.9 Å². The summed E-state index contributed by atoms with van der Waals surface area (Å²) in [6.07, 6.45) is -1.35. The van der Waals surface area contributed by atoms with Gasteiger partial charge in [-0.3, -0.25) is 14.4 Å². The molecule has 9 nitrogen and oxygen atoms in total. The fourth-order valence-corrected chi connectivity index (χ4v) is 4.69. The molecule has 0 aromatic carbocycles. The Balaban J connectivity index is 1.69. The fraction of sp³-hybridized carbons (Fsp3) is 0.700. The highest BCUT2D eigenvalue weighted by Crippen LogP contribution is 2.43. The quantitative estimate of drug-likeness (QED) is 0.510. The largest absolute Gasteiger partial charge is 0.390 e. The highest BCUT2D eigenvalue weighted by atomic mass is 16.3. The standard InChI is InChI=1S/C20H30N4O5/c1-10(2)21-20(29)17-11(3)18(27)19(28)14-9-24(8-13(14)17)16(26)7-5-12-4-6-15(25)23-22-12/h4,6,10-11,13-14,17-19,27-28H,5,7-9H2,1-3H3,(H,21,29)(H,23,25)/t11-,13+,14+,17+,18+,19+/m1/s1. The number of carbonyl (C=O) groups excluding carboxylic acids is 2. The summed E-state index contributed by atoms with van der Waals surface area (Å²) < 4.78 is 0. The zero-order valence-corrected chi connectivity index (χ0v) is 17.0. The summed E-state index contributed by atoms with van der Waals surface area (Å²) in [5.41, 5.74) is 0.323. The van der Waals surface area contributed by atoms with E-state index in [0.717, 1.165) is 0 Å².